The van der Waals surface area contributed by atoms with Gasteiger partial charge >= 0.3 is 12.1 Å². The Morgan fingerprint density at radius 2 is 1.60 bits per heavy atom. The van der Waals surface area contributed by atoms with Gasteiger partial charge in [-0.1, -0.05) is 24.3 Å². The molecular formula is C26H23F2NO6. The largest absolute Gasteiger partial charge is 0.482 e. The van der Waals surface area contributed by atoms with Crippen LogP contribution in [0.2, 0.25) is 0 Å². The number of anilines is 2. The Hall–Kier alpha value is -3.98. The van der Waals surface area contributed by atoms with E-state index in [1.807, 2.05) is 0 Å². The zero-order chi connectivity index (χ0) is 25.0. The Balaban J connectivity index is 1.51. The Morgan fingerprint density at radius 1 is 0.971 bits per heavy atom. The number of nitrogens with zero attached hydrogens (tertiary/aromatic N) is 1. The maximum Gasteiger partial charge on any atom is 0.419 e. The molecule has 0 fully saturated rings. The summed E-state index contributed by atoms with van der Waals surface area (Å²) in [5.74, 6) is -1.82. The minimum absolute atomic E-state index is 0.141. The smallest absolute Gasteiger partial charge is 0.419 e. The SMILES string of the molecule is O=C(O)COc1cccc2c1CC[C@](O)(COC(=O)N(c1cccc(F)c1)c1cccc(F)c1)C2. The fourth-order valence-corrected chi connectivity index (χ4v) is 4.11. The molecule has 0 bridgehead atoms. The van der Waals surface area contributed by atoms with E-state index in [-0.39, 0.29) is 30.8 Å². The second-order valence-corrected chi connectivity index (χ2v) is 8.33. The number of aliphatic carboxylic acids is 1. The highest BCUT2D eigenvalue weighted by Crippen LogP contribution is 2.35. The number of amides is 1. The number of hydrogen-bond donors (Lipinski definition) is 2. The van der Waals surface area contributed by atoms with Gasteiger partial charge < -0.3 is 19.7 Å². The molecule has 3 aromatic carbocycles. The molecular weight excluding hydrogens is 460 g/mol. The summed E-state index contributed by atoms with van der Waals surface area (Å²) in [4.78, 5) is 24.9. The number of benzene rings is 3. The van der Waals surface area contributed by atoms with Crippen molar-refractivity contribution in [3.8, 4) is 5.75 Å². The van der Waals surface area contributed by atoms with Crippen LogP contribution in [0.3, 0.4) is 0 Å². The van der Waals surface area contributed by atoms with E-state index in [9.17, 15) is 23.5 Å². The number of halogens is 2. The fourth-order valence-electron chi connectivity index (χ4n) is 4.11. The van der Waals surface area contributed by atoms with Gasteiger partial charge in [-0.25, -0.2) is 23.3 Å². The quantitative estimate of drug-likeness (QED) is 0.509. The molecule has 182 valence electrons. The average Bonchev–Trinajstić information content (AvgIpc) is 2.81. The molecule has 0 heterocycles. The molecule has 9 heteroatoms. The van der Waals surface area contributed by atoms with Crippen molar-refractivity contribution in [1.82, 2.24) is 0 Å². The van der Waals surface area contributed by atoms with Crippen LogP contribution in [0.25, 0.3) is 0 Å². The number of fused-ring (bicyclic) bond motifs is 1. The van der Waals surface area contributed by atoms with Gasteiger partial charge in [0.15, 0.2) is 6.61 Å². The third kappa shape index (κ3) is 5.75. The topological polar surface area (TPSA) is 96.3 Å². The number of ether oxygens (including phenoxy) is 2. The predicted molar refractivity (Wildman–Crippen MR) is 123 cm³/mol. The second kappa shape index (κ2) is 10.1. The molecule has 35 heavy (non-hydrogen) atoms. The molecule has 1 aliphatic carbocycles. The van der Waals surface area contributed by atoms with E-state index in [1.165, 1.54) is 36.4 Å². The fraction of sp³-hybridized carbons (Fsp3) is 0.231. The zero-order valence-corrected chi connectivity index (χ0v) is 18.6. The van der Waals surface area contributed by atoms with Crippen LogP contribution in [0.4, 0.5) is 25.0 Å². The molecule has 3 aromatic rings. The summed E-state index contributed by atoms with van der Waals surface area (Å²) >= 11 is 0. The summed E-state index contributed by atoms with van der Waals surface area (Å²) in [5, 5.41) is 20.0. The van der Waals surface area contributed by atoms with E-state index in [0.717, 1.165) is 28.2 Å². The summed E-state index contributed by atoms with van der Waals surface area (Å²) in [6, 6.07) is 15.6. The first kappa shape index (κ1) is 24.2. The van der Waals surface area contributed by atoms with Crippen molar-refractivity contribution in [3.05, 3.63) is 89.5 Å². The standard InChI is InChI=1S/C26H23F2NO6/c27-18-5-2-7-20(12-18)29(21-8-3-6-19(28)13-21)25(32)35-16-26(33)11-10-22-17(14-26)4-1-9-23(22)34-15-24(30)31/h1-9,12-13,33H,10-11,14-16H2,(H,30,31)/t26-/m1/s1. The first-order valence-electron chi connectivity index (χ1n) is 10.9. The minimum Gasteiger partial charge on any atom is -0.482 e. The highest BCUT2D eigenvalue weighted by molar-refractivity contribution is 5.96. The monoisotopic (exact) mass is 483 g/mol. The van der Waals surface area contributed by atoms with Gasteiger partial charge in [0.05, 0.1) is 11.4 Å². The van der Waals surface area contributed by atoms with E-state index in [2.05, 4.69) is 0 Å². The van der Waals surface area contributed by atoms with E-state index in [1.54, 1.807) is 18.2 Å². The van der Waals surface area contributed by atoms with E-state index < -0.39 is 35.9 Å². The van der Waals surface area contributed by atoms with Crippen molar-refractivity contribution in [2.24, 2.45) is 0 Å². The van der Waals surface area contributed by atoms with Crippen molar-refractivity contribution in [2.75, 3.05) is 18.1 Å². The number of aliphatic hydroxyl groups is 1. The van der Waals surface area contributed by atoms with Gasteiger partial charge in [-0.15, -0.1) is 0 Å². The van der Waals surface area contributed by atoms with Gasteiger partial charge in [0.2, 0.25) is 0 Å². The molecule has 2 N–H and O–H groups in total. The third-order valence-electron chi connectivity index (χ3n) is 5.72. The average molecular weight is 483 g/mol. The summed E-state index contributed by atoms with van der Waals surface area (Å²) in [6.07, 6.45) is -0.129. The lowest BCUT2D eigenvalue weighted by Crippen LogP contribution is -2.42. The predicted octanol–water partition coefficient (Wildman–Crippen LogP) is 4.62. The number of rotatable bonds is 7. The van der Waals surface area contributed by atoms with Crippen molar-refractivity contribution < 1.29 is 38.1 Å². The molecule has 0 spiro atoms. The van der Waals surface area contributed by atoms with E-state index in [4.69, 9.17) is 14.6 Å². The van der Waals surface area contributed by atoms with Crippen molar-refractivity contribution in [3.63, 3.8) is 0 Å². The van der Waals surface area contributed by atoms with Crippen LogP contribution in [0.1, 0.15) is 17.5 Å². The molecule has 1 aliphatic rings. The highest BCUT2D eigenvalue weighted by atomic mass is 19.1. The van der Waals surface area contributed by atoms with Crippen LogP contribution in [-0.4, -0.2) is 41.1 Å². The van der Waals surface area contributed by atoms with Crippen molar-refractivity contribution >= 4 is 23.4 Å². The normalized spacial score (nSPS) is 16.8. The molecule has 0 aromatic heterocycles. The maximum atomic E-state index is 13.9. The Labute approximate surface area is 200 Å². The minimum atomic E-state index is -1.39. The number of hydrogen-bond acceptors (Lipinski definition) is 5. The van der Waals surface area contributed by atoms with Gasteiger partial charge in [0, 0.05) is 6.42 Å². The number of carboxylic acids is 1. The number of carbonyl (C=O) groups excluding carboxylic acids is 1. The maximum absolute atomic E-state index is 13.9. The van der Waals surface area contributed by atoms with Gasteiger partial charge in [-0.2, -0.15) is 0 Å². The lowest BCUT2D eigenvalue weighted by atomic mass is 9.80. The Bertz CT molecular complexity index is 1200. The summed E-state index contributed by atoms with van der Waals surface area (Å²) in [7, 11) is 0. The third-order valence-corrected chi connectivity index (χ3v) is 5.72. The Kier molecular flexibility index (Phi) is 6.97. The van der Waals surface area contributed by atoms with Crippen LogP contribution in [0.15, 0.2) is 66.7 Å². The zero-order valence-electron chi connectivity index (χ0n) is 18.6. The van der Waals surface area contributed by atoms with E-state index in [0.29, 0.717) is 12.2 Å². The summed E-state index contributed by atoms with van der Waals surface area (Å²) in [5.41, 5.74) is 0.447. The van der Waals surface area contributed by atoms with Gasteiger partial charge in [0.25, 0.3) is 0 Å². The lowest BCUT2D eigenvalue weighted by Gasteiger charge is -2.34. The summed E-state index contributed by atoms with van der Waals surface area (Å²) in [6.45, 7) is -0.832. The van der Waals surface area contributed by atoms with Crippen LogP contribution < -0.4 is 9.64 Å². The van der Waals surface area contributed by atoms with Crippen molar-refractivity contribution in [2.45, 2.75) is 24.9 Å². The van der Waals surface area contributed by atoms with Crippen LogP contribution in [0, 0.1) is 11.6 Å². The first-order chi connectivity index (χ1) is 16.7. The van der Waals surface area contributed by atoms with Crippen molar-refractivity contribution in [1.29, 1.82) is 0 Å². The molecule has 1 amide bonds. The molecule has 4 rings (SSSR count). The van der Waals surface area contributed by atoms with Crippen LogP contribution in [-0.2, 0) is 22.4 Å². The van der Waals surface area contributed by atoms with Crippen LogP contribution in [0.5, 0.6) is 5.75 Å². The highest BCUT2D eigenvalue weighted by Gasteiger charge is 2.36. The second-order valence-electron chi connectivity index (χ2n) is 8.33. The molecule has 0 unspecified atom stereocenters. The molecule has 1 atom stereocenters. The van der Waals surface area contributed by atoms with Gasteiger partial charge in [-0.3, -0.25) is 0 Å². The molecule has 7 nitrogen and oxygen atoms in total. The number of carbonyl (C=O) groups is 2. The molecule has 0 aliphatic heterocycles. The first-order valence-corrected chi connectivity index (χ1v) is 10.9. The molecule has 0 saturated carbocycles. The van der Waals surface area contributed by atoms with Gasteiger partial charge in [0.1, 0.15) is 29.6 Å². The lowest BCUT2D eigenvalue weighted by molar-refractivity contribution is -0.139. The van der Waals surface area contributed by atoms with Crippen LogP contribution >= 0.6 is 0 Å². The van der Waals surface area contributed by atoms with Gasteiger partial charge in [-0.05, 0) is 66.4 Å². The Morgan fingerprint density at radius 3 is 2.20 bits per heavy atom. The molecule has 0 saturated heterocycles. The van der Waals surface area contributed by atoms with E-state index >= 15 is 0 Å². The molecule has 0 radical (unpaired) electrons. The summed E-state index contributed by atoms with van der Waals surface area (Å²) < 4.78 is 38.5. The number of carboxylic acid groups (broad SMARTS) is 1.